The predicted octanol–water partition coefficient (Wildman–Crippen LogP) is 4.90. The quantitative estimate of drug-likeness (QED) is 0.761. The number of benzene rings is 1. The van der Waals surface area contributed by atoms with Crippen LogP contribution in [0, 0.1) is 5.92 Å². The highest BCUT2D eigenvalue weighted by molar-refractivity contribution is 6.33. The summed E-state index contributed by atoms with van der Waals surface area (Å²) in [5, 5.41) is 0.360. The number of nitrogens with zero attached hydrogens (tertiary/aromatic N) is 1. The molecule has 1 aliphatic rings. The minimum Gasteiger partial charge on any atom is -0.440 e. The zero-order valence-electron chi connectivity index (χ0n) is 11.1. The maximum atomic E-state index is 12.9. The Labute approximate surface area is 124 Å². The van der Waals surface area contributed by atoms with Crippen LogP contribution >= 0.6 is 11.6 Å². The topological polar surface area (TPSA) is 52.0 Å². The van der Waals surface area contributed by atoms with E-state index >= 15 is 0 Å². The minimum atomic E-state index is -4.15. The van der Waals surface area contributed by atoms with E-state index in [4.69, 9.17) is 21.8 Å². The highest BCUT2D eigenvalue weighted by atomic mass is 35.5. The molecule has 1 aromatic carbocycles. The van der Waals surface area contributed by atoms with Gasteiger partial charge in [0.25, 0.3) is 0 Å². The average Bonchev–Trinajstić information content (AvgIpc) is 2.81. The third kappa shape index (κ3) is 2.81. The van der Waals surface area contributed by atoms with Crippen LogP contribution in [-0.4, -0.2) is 11.2 Å². The zero-order valence-corrected chi connectivity index (χ0v) is 11.8. The Kier molecular flexibility index (Phi) is 3.51. The van der Waals surface area contributed by atoms with Crippen LogP contribution in [0.4, 0.5) is 18.9 Å². The van der Waals surface area contributed by atoms with Gasteiger partial charge in [0.2, 0.25) is 0 Å². The highest BCUT2D eigenvalue weighted by Crippen LogP contribution is 2.44. The van der Waals surface area contributed by atoms with E-state index in [1.165, 1.54) is 0 Å². The summed E-state index contributed by atoms with van der Waals surface area (Å²) < 4.78 is 44.2. The van der Waals surface area contributed by atoms with Gasteiger partial charge in [-0.05, 0) is 25.3 Å². The largest absolute Gasteiger partial charge is 0.440 e. The third-order valence-electron chi connectivity index (χ3n) is 4.01. The van der Waals surface area contributed by atoms with E-state index in [9.17, 15) is 13.2 Å². The van der Waals surface area contributed by atoms with Crippen molar-refractivity contribution >= 4 is 28.4 Å². The Morgan fingerprint density at radius 2 is 2.05 bits per heavy atom. The number of hydrogen-bond acceptors (Lipinski definition) is 3. The molecule has 1 saturated carbocycles. The molecule has 3 nitrogen and oxygen atoms in total. The van der Waals surface area contributed by atoms with Gasteiger partial charge in [0, 0.05) is 12.0 Å². The van der Waals surface area contributed by atoms with Crippen molar-refractivity contribution in [3.8, 4) is 0 Å². The normalized spacial score (nSPS) is 23.6. The molecule has 3 rings (SSSR count). The van der Waals surface area contributed by atoms with Gasteiger partial charge >= 0.3 is 6.18 Å². The summed E-state index contributed by atoms with van der Waals surface area (Å²) >= 11 is 5.91. The van der Waals surface area contributed by atoms with Crippen LogP contribution in [0.1, 0.15) is 37.5 Å². The Morgan fingerprint density at radius 3 is 2.76 bits per heavy atom. The van der Waals surface area contributed by atoms with E-state index in [1.807, 2.05) is 0 Å². The van der Waals surface area contributed by atoms with Crippen molar-refractivity contribution in [2.75, 3.05) is 5.73 Å². The lowest BCUT2D eigenvalue weighted by Gasteiger charge is -2.28. The molecule has 2 unspecified atom stereocenters. The number of nitrogen functional groups attached to an aromatic ring is 1. The molecule has 0 amide bonds. The van der Waals surface area contributed by atoms with Gasteiger partial charge in [-0.2, -0.15) is 13.2 Å². The number of aromatic nitrogens is 1. The lowest BCUT2D eigenvalue weighted by atomic mass is 9.81. The lowest BCUT2D eigenvalue weighted by molar-refractivity contribution is -0.183. The maximum absolute atomic E-state index is 12.9. The van der Waals surface area contributed by atoms with Gasteiger partial charge in [-0.3, -0.25) is 0 Å². The monoisotopic (exact) mass is 318 g/mol. The minimum absolute atomic E-state index is 0.0273. The van der Waals surface area contributed by atoms with Gasteiger partial charge in [-0.1, -0.05) is 18.0 Å². The third-order valence-corrected chi connectivity index (χ3v) is 4.34. The fourth-order valence-corrected chi connectivity index (χ4v) is 3.03. The Balaban J connectivity index is 1.89. The van der Waals surface area contributed by atoms with E-state index in [0.717, 1.165) is 0 Å². The Hall–Kier alpha value is -1.43. The second kappa shape index (κ2) is 5.09. The molecule has 2 aromatic rings. The molecule has 1 heterocycles. The summed E-state index contributed by atoms with van der Waals surface area (Å²) in [4.78, 5) is 4.28. The number of anilines is 1. The van der Waals surface area contributed by atoms with Gasteiger partial charge in [0.15, 0.2) is 11.5 Å². The molecule has 1 fully saturated rings. The lowest BCUT2D eigenvalue weighted by Crippen LogP contribution is -2.28. The molecule has 7 heteroatoms. The van der Waals surface area contributed by atoms with Crippen molar-refractivity contribution < 1.29 is 17.6 Å². The van der Waals surface area contributed by atoms with Crippen LogP contribution in [0.15, 0.2) is 16.5 Å². The van der Waals surface area contributed by atoms with E-state index in [-0.39, 0.29) is 18.8 Å². The van der Waals surface area contributed by atoms with Crippen molar-refractivity contribution in [3.63, 3.8) is 0 Å². The van der Waals surface area contributed by atoms with E-state index in [2.05, 4.69) is 4.98 Å². The van der Waals surface area contributed by atoms with E-state index in [1.54, 1.807) is 12.1 Å². The molecule has 114 valence electrons. The molecular weight excluding hydrogens is 305 g/mol. The fraction of sp³-hybridized carbons (Fsp3) is 0.500. The molecule has 0 spiro atoms. The van der Waals surface area contributed by atoms with Gasteiger partial charge < -0.3 is 10.2 Å². The summed E-state index contributed by atoms with van der Waals surface area (Å²) in [5.41, 5.74) is 7.03. The molecule has 0 saturated heterocycles. The van der Waals surface area contributed by atoms with Gasteiger partial charge in [-0.15, -0.1) is 0 Å². The summed E-state index contributed by atoms with van der Waals surface area (Å²) in [6.07, 6.45) is -2.77. The predicted molar refractivity (Wildman–Crippen MR) is 74.2 cm³/mol. The SMILES string of the molecule is Nc1cc2oc(C3CCCC(C(F)(F)F)C3)nc2cc1Cl. The van der Waals surface area contributed by atoms with Crippen LogP contribution in [0.3, 0.4) is 0 Å². The maximum Gasteiger partial charge on any atom is 0.391 e. The first-order valence-corrected chi connectivity index (χ1v) is 7.14. The number of hydrogen-bond donors (Lipinski definition) is 1. The average molecular weight is 319 g/mol. The summed E-state index contributed by atoms with van der Waals surface area (Å²) in [6, 6.07) is 3.13. The first-order chi connectivity index (χ1) is 9.84. The second-order valence-electron chi connectivity index (χ2n) is 5.50. The number of halogens is 4. The molecular formula is C14H14ClF3N2O. The van der Waals surface area contributed by atoms with Crippen molar-refractivity contribution in [1.82, 2.24) is 4.98 Å². The molecule has 2 N–H and O–H groups in total. The van der Waals surface area contributed by atoms with Crippen LogP contribution in [0.2, 0.25) is 5.02 Å². The molecule has 1 aliphatic carbocycles. The standard InChI is InChI=1S/C14H14ClF3N2O/c15-9-5-11-12(6-10(9)19)21-13(20-11)7-2-1-3-8(4-7)14(16,17)18/h5-8H,1-4,19H2. The smallest absolute Gasteiger partial charge is 0.391 e. The fourth-order valence-electron chi connectivity index (χ4n) is 2.87. The molecule has 2 atom stereocenters. The number of nitrogens with two attached hydrogens (primary N) is 1. The van der Waals surface area contributed by atoms with E-state index < -0.39 is 12.1 Å². The van der Waals surface area contributed by atoms with Gasteiger partial charge in [0.1, 0.15) is 5.52 Å². The number of rotatable bonds is 1. The number of oxazole rings is 1. The molecule has 0 aliphatic heterocycles. The number of alkyl halides is 3. The van der Waals surface area contributed by atoms with Crippen molar-refractivity contribution in [2.24, 2.45) is 5.92 Å². The van der Waals surface area contributed by atoms with Crippen LogP contribution < -0.4 is 5.73 Å². The van der Waals surface area contributed by atoms with Crippen LogP contribution in [0.25, 0.3) is 11.1 Å². The van der Waals surface area contributed by atoms with Crippen LogP contribution in [0.5, 0.6) is 0 Å². The summed E-state index contributed by atoms with van der Waals surface area (Å²) in [7, 11) is 0. The second-order valence-corrected chi connectivity index (χ2v) is 5.90. The Morgan fingerprint density at radius 1 is 1.29 bits per heavy atom. The Bertz CT molecular complexity index is 629. The summed E-state index contributed by atoms with van der Waals surface area (Å²) in [5.74, 6) is -1.24. The first-order valence-electron chi connectivity index (χ1n) is 6.77. The van der Waals surface area contributed by atoms with Crippen molar-refractivity contribution in [3.05, 3.63) is 23.0 Å². The molecule has 0 bridgehead atoms. The first kappa shape index (κ1) is 14.5. The molecule has 21 heavy (non-hydrogen) atoms. The van der Waals surface area contributed by atoms with Crippen molar-refractivity contribution in [2.45, 2.75) is 37.8 Å². The van der Waals surface area contributed by atoms with Gasteiger partial charge in [0.05, 0.1) is 16.6 Å². The highest BCUT2D eigenvalue weighted by Gasteiger charge is 2.43. The summed E-state index contributed by atoms with van der Waals surface area (Å²) in [6.45, 7) is 0. The molecule has 0 radical (unpaired) electrons. The number of fused-ring (bicyclic) bond motifs is 1. The van der Waals surface area contributed by atoms with Crippen LogP contribution in [-0.2, 0) is 0 Å². The molecule has 1 aromatic heterocycles. The zero-order chi connectivity index (χ0) is 15.2. The van der Waals surface area contributed by atoms with Crippen molar-refractivity contribution in [1.29, 1.82) is 0 Å². The van der Waals surface area contributed by atoms with E-state index in [0.29, 0.717) is 40.5 Å². The van der Waals surface area contributed by atoms with Gasteiger partial charge in [-0.25, -0.2) is 4.98 Å².